The van der Waals surface area contributed by atoms with Crippen LogP contribution in [0.15, 0.2) is 35.3 Å². The van der Waals surface area contributed by atoms with Crippen LogP contribution in [0, 0.1) is 0 Å². The number of sulfonamides is 1. The number of isocyanates is 1. The highest BCUT2D eigenvalue weighted by molar-refractivity contribution is 7.88. The highest BCUT2D eigenvalue weighted by Crippen LogP contribution is 2.19. The van der Waals surface area contributed by atoms with E-state index >= 15 is 0 Å². The van der Waals surface area contributed by atoms with Crippen molar-refractivity contribution in [2.45, 2.75) is 24.6 Å². The van der Waals surface area contributed by atoms with E-state index in [0.29, 0.717) is 6.54 Å². The molecule has 0 bridgehead atoms. The summed E-state index contributed by atoms with van der Waals surface area (Å²) in [4.78, 5) is 13.9. The van der Waals surface area contributed by atoms with Crippen LogP contribution < -0.4 is 0 Å². The minimum atomic E-state index is -3.34. The average molecular weight is 280 g/mol. The van der Waals surface area contributed by atoms with E-state index in [1.165, 1.54) is 10.4 Å². The standard InChI is InChI=1S/C13H16N2O3S/c16-11-14-13-7-4-8-15(9-13)19(17,18)10-12-5-2-1-3-6-12/h1-3,5-6,13H,4,7-10H2. The van der Waals surface area contributed by atoms with Gasteiger partial charge in [0.15, 0.2) is 0 Å². The number of piperidine rings is 1. The van der Waals surface area contributed by atoms with E-state index < -0.39 is 10.0 Å². The molecule has 5 nitrogen and oxygen atoms in total. The molecule has 0 aliphatic carbocycles. The van der Waals surface area contributed by atoms with Gasteiger partial charge >= 0.3 is 0 Å². The number of rotatable bonds is 4. The van der Waals surface area contributed by atoms with Gasteiger partial charge in [-0.25, -0.2) is 18.2 Å². The molecule has 1 heterocycles. The van der Waals surface area contributed by atoms with E-state index in [1.54, 1.807) is 12.1 Å². The molecule has 19 heavy (non-hydrogen) atoms. The fourth-order valence-electron chi connectivity index (χ4n) is 2.23. The zero-order valence-corrected chi connectivity index (χ0v) is 11.3. The fraction of sp³-hybridized carbons (Fsp3) is 0.462. The third-order valence-corrected chi connectivity index (χ3v) is 5.00. The van der Waals surface area contributed by atoms with Crippen molar-refractivity contribution >= 4 is 16.1 Å². The number of hydrogen-bond acceptors (Lipinski definition) is 4. The summed E-state index contributed by atoms with van der Waals surface area (Å²) in [6.45, 7) is 0.782. The molecule has 0 saturated carbocycles. The predicted molar refractivity (Wildman–Crippen MR) is 71.8 cm³/mol. The SMILES string of the molecule is O=C=NC1CCCN(S(=O)(=O)Cc2ccccc2)C1. The van der Waals surface area contributed by atoms with Crippen molar-refractivity contribution in [3.05, 3.63) is 35.9 Å². The van der Waals surface area contributed by atoms with Gasteiger partial charge in [0.1, 0.15) is 0 Å². The van der Waals surface area contributed by atoms with Crippen molar-refractivity contribution in [3.8, 4) is 0 Å². The van der Waals surface area contributed by atoms with Crippen LogP contribution in [0.5, 0.6) is 0 Å². The summed E-state index contributed by atoms with van der Waals surface area (Å²) in [5.74, 6) is -0.00857. The van der Waals surface area contributed by atoms with Crippen LogP contribution in [0.25, 0.3) is 0 Å². The van der Waals surface area contributed by atoms with Crippen LogP contribution >= 0.6 is 0 Å². The summed E-state index contributed by atoms with van der Waals surface area (Å²) < 4.78 is 26.0. The molecule has 0 N–H and O–H groups in total. The Balaban J connectivity index is 2.09. The first kappa shape index (κ1) is 13.9. The zero-order valence-electron chi connectivity index (χ0n) is 10.5. The van der Waals surface area contributed by atoms with Gasteiger partial charge in [0.2, 0.25) is 16.1 Å². The van der Waals surface area contributed by atoms with Crippen LogP contribution in [-0.2, 0) is 20.6 Å². The minimum absolute atomic E-state index is 0.00857. The van der Waals surface area contributed by atoms with E-state index in [0.717, 1.165) is 18.4 Å². The maximum atomic E-state index is 12.3. The van der Waals surface area contributed by atoms with Gasteiger partial charge in [-0.2, -0.15) is 4.31 Å². The Morgan fingerprint density at radius 2 is 2.05 bits per heavy atom. The molecule has 0 aromatic heterocycles. The molecule has 1 aliphatic rings. The van der Waals surface area contributed by atoms with Gasteiger partial charge in [0.25, 0.3) is 0 Å². The Hall–Kier alpha value is -1.49. The number of carbonyl (C=O) groups excluding carboxylic acids is 1. The summed E-state index contributed by atoms with van der Waals surface area (Å²) >= 11 is 0. The number of benzene rings is 1. The van der Waals surface area contributed by atoms with Crippen molar-refractivity contribution in [1.82, 2.24) is 4.31 Å². The van der Waals surface area contributed by atoms with Gasteiger partial charge in [-0.15, -0.1) is 0 Å². The van der Waals surface area contributed by atoms with E-state index in [1.807, 2.05) is 18.2 Å². The highest BCUT2D eigenvalue weighted by atomic mass is 32.2. The summed E-state index contributed by atoms with van der Waals surface area (Å²) in [7, 11) is -3.34. The van der Waals surface area contributed by atoms with Crippen molar-refractivity contribution < 1.29 is 13.2 Å². The second kappa shape index (κ2) is 6.10. The molecule has 1 atom stereocenters. The molecule has 2 rings (SSSR count). The van der Waals surface area contributed by atoms with E-state index in [2.05, 4.69) is 4.99 Å². The number of aliphatic imine (C=N–C) groups is 1. The normalized spacial score (nSPS) is 20.7. The molecule has 1 aliphatic heterocycles. The highest BCUT2D eigenvalue weighted by Gasteiger charge is 2.28. The quantitative estimate of drug-likeness (QED) is 0.617. The second-order valence-electron chi connectivity index (χ2n) is 4.62. The molecule has 1 fully saturated rings. The molecule has 1 aromatic rings. The summed E-state index contributed by atoms with van der Waals surface area (Å²) in [5, 5.41) is 0. The van der Waals surface area contributed by atoms with Crippen LogP contribution in [0.4, 0.5) is 0 Å². The van der Waals surface area contributed by atoms with Gasteiger partial charge in [-0.3, -0.25) is 0 Å². The fourth-order valence-corrected chi connectivity index (χ4v) is 3.83. The third-order valence-electron chi connectivity index (χ3n) is 3.18. The van der Waals surface area contributed by atoms with Crippen molar-refractivity contribution in [1.29, 1.82) is 0 Å². The second-order valence-corrected chi connectivity index (χ2v) is 6.59. The van der Waals surface area contributed by atoms with Gasteiger partial charge in [0.05, 0.1) is 11.8 Å². The lowest BCUT2D eigenvalue weighted by molar-refractivity contribution is 0.316. The lowest BCUT2D eigenvalue weighted by Gasteiger charge is -2.29. The number of nitrogens with zero attached hydrogens (tertiary/aromatic N) is 2. The molecule has 0 amide bonds. The van der Waals surface area contributed by atoms with Gasteiger partial charge in [0, 0.05) is 13.1 Å². The van der Waals surface area contributed by atoms with Gasteiger partial charge in [-0.05, 0) is 18.4 Å². The molecule has 1 saturated heterocycles. The molecular weight excluding hydrogens is 264 g/mol. The molecule has 1 unspecified atom stereocenters. The van der Waals surface area contributed by atoms with Crippen molar-refractivity contribution in [2.75, 3.05) is 13.1 Å². The summed E-state index contributed by atoms with van der Waals surface area (Å²) in [6, 6.07) is 8.83. The maximum Gasteiger partial charge on any atom is 0.235 e. The molecule has 1 aromatic carbocycles. The molecule has 0 radical (unpaired) electrons. The Morgan fingerprint density at radius 1 is 1.32 bits per heavy atom. The van der Waals surface area contributed by atoms with Crippen molar-refractivity contribution in [2.24, 2.45) is 4.99 Å². The van der Waals surface area contributed by atoms with Crippen molar-refractivity contribution in [3.63, 3.8) is 0 Å². The molecule has 0 spiro atoms. The topological polar surface area (TPSA) is 66.8 Å². The summed E-state index contributed by atoms with van der Waals surface area (Å²) in [5.41, 5.74) is 0.767. The van der Waals surface area contributed by atoms with E-state index in [4.69, 9.17) is 0 Å². The van der Waals surface area contributed by atoms with E-state index in [9.17, 15) is 13.2 Å². The van der Waals surface area contributed by atoms with Gasteiger partial charge in [-0.1, -0.05) is 30.3 Å². The van der Waals surface area contributed by atoms with E-state index in [-0.39, 0.29) is 18.3 Å². The largest absolute Gasteiger partial charge is 0.235 e. The van der Waals surface area contributed by atoms with Crippen LogP contribution in [0.2, 0.25) is 0 Å². The predicted octanol–water partition coefficient (Wildman–Crippen LogP) is 1.32. The summed E-state index contributed by atoms with van der Waals surface area (Å²) in [6.07, 6.45) is 2.98. The Bertz CT molecular complexity index is 565. The first-order valence-electron chi connectivity index (χ1n) is 6.20. The lowest BCUT2D eigenvalue weighted by atomic mass is 10.1. The Kier molecular flexibility index (Phi) is 4.47. The first-order valence-corrected chi connectivity index (χ1v) is 7.81. The monoisotopic (exact) mass is 280 g/mol. The molecule has 102 valence electrons. The number of hydrogen-bond donors (Lipinski definition) is 0. The average Bonchev–Trinajstić information content (AvgIpc) is 2.40. The lowest BCUT2D eigenvalue weighted by Crippen LogP contribution is -2.42. The van der Waals surface area contributed by atoms with Crippen LogP contribution in [-0.4, -0.2) is 37.9 Å². The molecular formula is C13H16N2O3S. The minimum Gasteiger partial charge on any atom is -0.212 e. The van der Waals surface area contributed by atoms with Gasteiger partial charge < -0.3 is 0 Å². The Labute approximate surface area is 113 Å². The molecule has 6 heteroatoms. The smallest absolute Gasteiger partial charge is 0.212 e. The maximum absolute atomic E-state index is 12.3. The van der Waals surface area contributed by atoms with Crippen LogP contribution in [0.3, 0.4) is 0 Å². The zero-order chi connectivity index (χ0) is 13.7. The third kappa shape index (κ3) is 3.73. The Morgan fingerprint density at radius 3 is 2.74 bits per heavy atom. The van der Waals surface area contributed by atoms with Crippen LogP contribution in [0.1, 0.15) is 18.4 Å². The first-order chi connectivity index (χ1) is 9.12.